The van der Waals surface area contributed by atoms with Crippen molar-refractivity contribution in [2.45, 2.75) is 13.3 Å². The van der Waals surface area contributed by atoms with Crippen molar-refractivity contribution >= 4 is 0 Å². The van der Waals surface area contributed by atoms with Gasteiger partial charge in [0.1, 0.15) is 11.5 Å². The van der Waals surface area contributed by atoms with Crippen LogP contribution in [-0.4, -0.2) is 20.3 Å². The molecule has 0 amide bonds. The normalized spacial score (nSPS) is 12.2. The van der Waals surface area contributed by atoms with Crippen molar-refractivity contribution in [2.24, 2.45) is 11.7 Å². The lowest BCUT2D eigenvalue weighted by molar-refractivity contribution is 0.284. The van der Waals surface area contributed by atoms with Crippen LogP contribution in [0.5, 0.6) is 11.5 Å². The molecule has 1 aromatic rings. The van der Waals surface area contributed by atoms with Gasteiger partial charge in [-0.2, -0.15) is 0 Å². The van der Waals surface area contributed by atoms with Gasteiger partial charge in [0.25, 0.3) is 0 Å². The number of nitrogens with two attached hydrogens (primary N) is 1. The standard InChI is InChI=1S/C12H19NO2/c1-10(9-13)6-7-15-12-5-3-4-11(8-12)14-2/h3-5,8,10H,6-7,9,13H2,1-2H3. The molecule has 1 rings (SSSR count). The third-order valence-electron chi connectivity index (χ3n) is 2.32. The van der Waals surface area contributed by atoms with Crippen LogP contribution in [0, 0.1) is 5.92 Å². The van der Waals surface area contributed by atoms with Gasteiger partial charge in [-0.15, -0.1) is 0 Å². The average molecular weight is 209 g/mol. The summed E-state index contributed by atoms with van der Waals surface area (Å²) in [5.41, 5.74) is 5.52. The van der Waals surface area contributed by atoms with Crippen LogP contribution in [0.3, 0.4) is 0 Å². The van der Waals surface area contributed by atoms with Crippen molar-refractivity contribution < 1.29 is 9.47 Å². The summed E-state index contributed by atoms with van der Waals surface area (Å²) in [4.78, 5) is 0. The molecule has 84 valence electrons. The molecule has 0 aliphatic rings. The summed E-state index contributed by atoms with van der Waals surface area (Å²) < 4.78 is 10.7. The molecule has 1 unspecified atom stereocenters. The molecule has 0 saturated heterocycles. The van der Waals surface area contributed by atoms with E-state index < -0.39 is 0 Å². The molecule has 2 N–H and O–H groups in total. The molecule has 3 nitrogen and oxygen atoms in total. The first kappa shape index (κ1) is 11.9. The van der Waals surface area contributed by atoms with Crippen molar-refractivity contribution in [1.82, 2.24) is 0 Å². The van der Waals surface area contributed by atoms with Crippen LogP contribution in [-0.2, 0) is 0 Å². The zero-order chi connectivity index (χ0) is 11.1. The molecular formula is C12H19NO2. The van der Waals surface area contributed by atoms with Gasteiger partial charge in [0.15, 0.2) is 0 Å². The summed E-state index contributed by atoms with van der Waals surface area (Å²) in [6.45, 7) is 3.53. The number of hydrogen-bond acceptors (Lipinski definition) is 3. The Balaban J connectivity index is 2.37. The predicted octanol–water partition coefficient (Wildman–Crippen LogP) is 2.06. The zero-order valence-electron chi connectivity index (χ0n) is 9.40. The Morgan fingerprint density at radius 1 is 1.33 bits per heavy atom. The summed E-state index contributed by atoms with van der Waals surface area (Å²) in [6.07, 6.45) is 0.980. The van der Waals surface area contributed by atoms with Gasteiger partial charge in [-0.3, -0.25) is 0 Å². The molecule has 0 spiro atoms. The SMILES string of the molecule is COc1cccc(OCCC(C)CN)c1. The monoisotopic (exact) mass is 209 g/mol. The third kappa shape index (κ3) is 4.21. The van der Waals surface area contributed by atoms with Crippen LogP contribution in [0.25, 0.3) is 0 Å². The average Bonchev–Trinajstić information content (AvgIpc) is 2.29. The summed E-state index contributed by atoms with van der Waals surface area (Å²) in [7, 11) is 1.65. The Morgan fingerprint density at radius 2 is 2.07 bits per heavy atom. The molecule has 0 bridgehead atoms. The minimum atomic E-state index is 0.510. The maximum absolute atomic E-state index is 5.59. The van der Waals surface area contributed by atoms with Crippen molar-refractivity contribution in [3.63, 3.8) is 0 Å². The highest BCUT2D eigenvalue weighted by Crippen LogP contribution is 2.19. The molecule has 1 aromatic carbocycles. The predicted molar refractivity (Wildman–Crippen MR) is 61.3 cm³/mol. The van der Waals surface area contributed by atoms with E-state index in [1.54, 1.807) is 7.11 Å². The fourth-order valence-corrected chi connectivity index (χ4v) is 1.19. The van der Waals surface area contributed by atoms with Gasteiger partial charge in [0.05, 0.1) is 13.7 Å². The van der Waals surface area contributed by atoms with Crippen LogP contribution < -0.4 is 15.2 Å². The number of rotatable bonds is 6. The quantitative estimate of drug-likeness (QED) is 0.780. The Bertz CT molecular complexity index is 289. The molecule has 0 fully saturated rings. The smallest absolute Gasteiger partial charge is 0.122 e. The lowest BCUT2D eigenvalue weighted by Crippen LogP contribution is -2.13. The first-order chi connectivity index (χ1) is 7.26. The minimum Gasteiger partial charge on any atom is -0.497 e. The Hall–Kier alpha value is -1.22. The van der Waals surface area contributed by atoms with Crippen LogP contribution in [0.2, 0.25) is 0 Å². The van der Waals surface area contributed by atoms with E-state index in [1.165, 1.54) is 0 Å². The molecule has 3 heteroatoms. The largest absolute Gasteiger partial charge is 0.497 e. The topological polar surface area (TPSA) is 44.5 Å². The molecule has 0 aliphatic heterocycles. The third-order valence-corrected chi connectivity index (χ3v) is 2.32. The Morgan fingerprint density at radius 3 is 2.73 bits per heavy atom. The van der Waals surface area contributed by atoms with E-state index in [4.69, 9.17) is 15.2 Å². The first-order valence-corrected chi connectivity index (χ1v) is 5.23. The molecule has 0 radical (unpaired) electrons. The summed E-state index contributed by atoms with van der Waals surface area (Å²) in [5, 5.41) is 0. The maximum atomic E-state index is 5.59. The number of methoxy groups -OCH3 is 1. The molecule has 0 aromatic heterocycles. The molecule has 0 aliphatic carbocycles. The second-order valence-electron chi connectivity index (χ2n) is 3.66. The molecule has 1 atom stereocenters. The van der Waals surface area contributed by atoms with Crippen molar-refractivity contribution in [2.75, 3.05) is 20.3 Å². The fraction of sp³-hybridized carbons (Fsp3) is 0.500. The van der Waals surface area contributed by atoms with Gasteiger partial charge in [-0.1, -0.05) is 13.0 Å². The molecule has 0 saturated carbocycles. The van der Waals surface area contributed by atoms with E-state index in [9.17, 15) is 0 Å². The van der Waals surface area contributed by atoms with Crippen LogP contribution in [0.1, 0.15) is 13.3 Å². The van der Waals surface area contributed by atoms with E-state index >= 15 is 0 Å². The highest BCUT2D eigenvalue weighted by molar-refractivity contribution is 5.32. The van der Waals surface area contributed by atoms with Crippen molar-refractivity contribution in [3.05, 3.63) is 24.3 Å². The summed E-state index contributed by atoms with van der Waals surface area (Å²) in [5.74, 6) is 2.17. The van der Waals surface area contributed by atoms with Gasteiger partial charge >= 0.3 is 0 Å². The van der Waals surface area contributed by atoms with Crippen LogP contribution in [0.15, 0.2) is 24.3 Å². The Kier molecular flexibility index (Phi) is 4.98. The van der Waals surface area contributed by atoms with Gasteiger partial charge in [-0.25, -0.2) is 0 Å². The first-order valence-electron chi connectivity index (χ1n) is 5.23. The molecule has 15 heavy (non-hydrogen) atoms. The summed E-state index contributed by atoms with van der Waals surface area (Å²) in [6, 6.07) is 7.62. The van der Waals surface area contributed by atoms with Crippen LogP contribution in [0.4, 0.5) is 0 Å². The lowest BCUT2D eigenvalue weighted by Gasteiger charge is -2.10. The number of benzene rings is 1. The number of ether oxygens (including phenoxy) is 2. The zero-order valence-corrected chi connectivity index (χ0v) is 9.40. The van der Waals surface area contributed by atoms with Gasteiger partial charge < -0.3 is 15.2 Å². The van der Waals surface area contributed by atoms with Crippen LogP contribution >= 0.6 is 0 Å². The summed E-state index contributed by atoms with van der Waals surface area (Å²) >= 11 is 0. The number of hydrogen-bond donors (Lipinski definition) is 1. The van der Waals surface area contributed by atoms with E-state index in [2.05, 4.69) is 6.92 Å². The van der Waals surface area contributed by atoms with E-state index in [-0.39, 0.29) is 0 Å². The maximum Gasteiger partial charge on any atom is 0.122 e. The Labute approximate surface area is 91.2 Å². The van der Waals surface area contributed by atoms with E-state index in [1.807, 2.05) is 24.3 Å². The second kappa shape index (κ2) is 6.30. The highest BCUT2D eigenvalue weighted by Gasteiger charge is 2.00. The lowest BCUT2D eigenvalue weighted by atomic mass is 10.1. The van der Waals surface area contributed by atoms with Gasteiger partial charge in [0, 0.05) is 6.07 Å². The van der Waals surface area contributed by atoms with E-state index in [0.717, 1.165) is 17.9 Å². The van der Waals surface area contributed by atoms with Gasteiger partial charge in [-0.05, 0) is 31.0 Å². The molecule has 0 heterocycles. The van der Waals surface area contributed by atoms with Crippen molar-refractivity contribution in [3.8, 4) is 11.5 Å². The minimum absolute atomic E-state index is 0.510. The second-order valence-corrected chi connectivity index (χ2v) is 3.66. The fourth-order valence-electron chi connectivity index (χ4n) is 1.19. The molecular weight excluding hydrogens is 190 g/mol. The van der Waals surface area contributed by atoms with Gasteiger partial charge in [0.2, 0.25) is 0 Å². The van der Waals surface area contributed by atoms with Crippen molar-refractivity contribution in [1.29, 1.82) is 0 Å². The van der Waals surface area contributed by atoms with E-state index in [0.29, 0.717) is 19.1 Å². The highest BCUT2D eigenvalue weighted by atomic mass is 16.5.